The van der Waals surface area contributed by atoms with Crippen LogP contribution < -0.4 is 0 Å². The molecule has 0 aromatic heterocycles. The molecule has 1 unspecified atom stereocenters. The van der Waals surface area contributed by atoms with Gasteiger partial charge in [-0.1, -0.05) is 6.92 Å². The number of alkyl halides is 3. The second-order valence-corrected chi connectivity index (χ2v) is 4.54. The monoisotopic (exact) mass is 220 g/mol. The lowest BCUT2D eigenvalue weighted by atomic mass is 10.5. The summed E-state index contributed by atoms with van der Waals surface area (Å²) < 4.78 is 49.8. The van der Waals surface area contributed by atoms with E-state index in [2.05, 4.69) is 4.52 Å². The maximum Gasteiger partial charge on any atom is 0.391 e. The summed E-state index contributed by atoms with van der Waals surface area (Å²) in [6.07, 6.45) is -5.24. The molecule has 1 N–H and O–H groups in total. The molecule has 3 nitrogen and oxygen atoms in total. The number of hydrogen-bond acceptors (Lipinski definition) is 2. The lowest BCUT2D eigenvalue weighted by molar-refractivity contribution is -0.139. The highest BCUT2D eigenvalue weighted by atomic mass is 31.2. The third kappa shape index (κ3) is 8.28. The molecule has 0 saturated carbocycles. The van der Waals surface area contributed by atoms with Crippen molar-refractivity contribution in [2.45, 2.75) is 25.9 Å². The molecule has 0 fully saturated rings. The standard InChI is InChI=1S/C6H12F3O3P/c1-2-5-13(10,11)12-4-3-6(7,8)9/h2-5H2,1H3,(H,10,11). The average molecular weight is 220 g/mol. The van der Waals surface area contributed by atoms with Crippen LogP contribution in [0.15, 0.2) is 0 Å². The maximum atomic E-state index is 11.6. The first-order valence-corrected chi connectivity index (χ1v) is 5.56. The summed E-state index contributed by atoms with van der Waals surface area (Å²) in [5.41, 5.74) is 0. The van der Waals surface area contributed by atoms with E-state index in [9.17, 15) is 17.7 Å². The van der Waals surface area contributed by atoms with E-state index in [0.717, 1.165) is 0 Å². The van der Waals surface area contributed by atoms with E-state index in [4.69, 9.17) is 4.89 Å². The SMILES string of the molecule is CCCP(=O)(O)OCCC(F)(F)F. The van der Waals surface area contributed by atoms with Gasteiger partial charge in [-0.25, -0.2) is 0 Å². The van der Waals surface area contributed by atoms with Crippen molar-refractivity contribution >= 4 is 7.60 Å². The second kappa shape index (κ2) is 4.98. The van der Waals surface area contributed by atoms with E-state index in [-0.39, 0.29) is 6.16 Å². The first-order valence-electron chi connectivity index (χ1n) is 3.80. The van der Waals surface area contributed by atoms with Crippen LogP contribution in [-0.2, 0) is 9.09 Å². The molecule has 0 aliphatic rings. The number of hydrogen-bond donors (Lipinski definition) is 1. The Bertz CT molecular complexity index is 192. The number of rotatable bonds is 5. The molecule has 0 aliphatic carbocycles. The van der Waals surface area contributed by atoms with Gasteiger partial charge in [0.15, 0.2) is 0 Å². The van der Waals surface area contributed by atoms with E-state index in [0.29, 0.717) is 6.42 Å². The topological polar surface area (TPSA) is 46.5 Å². The Kier molecular flexibility index (Phi) is 4.96. The van der Waals surface area contributed by atoms with Gasteiger partial charge in [-0.2, -0.15) is 13.2 Å². The highest BCUT2D eigenvalue weighted by molar-refractivity contribution is 7.52. The van der Waals surface area contributed by atoms with E-state index in [1.165, 1.54) is 0 Å². The second-order valence-electron chi connectivity index (χ2n) is 2.56. The summed E-state index contributed by atoms with van der Waals surface area (Å²) >= 11 is 0. The van der Waals surface area contributed by atoms with Crippen molar-refractivity contribution in [3.63, 3.8) is 0 Å². The highest BCUT2D eigenvalue weighted by Gasteiger charge is 2.28. The molecule has 0 rings (SSSR count). The van der Waals surface area contributed by atoms with Crippen LogP contribution in [0.2, 0.25) is 0 Å². The molecule has 0 saturated heterocycles. The molecular formula is C6H12F3O3P. The van der Waals surface area contributed by atoms with Crippen LogP contribution in [0.4, 0.5) is 13.2 Å². The quantitative estimate of drug-likeness (QED) is 0.724. The Balaban J connectivity index is 3.70. The molecule has 13 heavy (non-hydrogen) atoms. The molecule has 0 aliphatic heterocycles. The fourth-order valence-corrected chi connectivity index (χ4v) is 1.72. The van der Waals surface area contributed by atoms with Gasteiger partial charge in [0.25, 0.3) is 0 Å². The predicted molar refractivity (Wildman–Crippen MR) is 41.6 cm³/mol. The minimum Gasteiger partial charge on any atom is -0.324 e. The van der Waals surface area contributed by atoms with Gasteiger partial charge in [0.05, 0.1) is 13.0 Å². The molecule has 80 valence electrons. The Hall–Kier alpha value is -0.0600. The van der Waals surface area contributed by atoms with Gasteiger partial charge in [-0.15, -0.1) is 0 Å². The zero-order chi connectivity index (χ0) is 10.5. The highest BCUT2D eigenvalue weighted by Crippen LogP contribution is 2.42. The van der Waals surface area contributed by atoms with Crippen LogP contribution >= 0.6 is 7.60 Å². The first-order chi connectivity index (χ1) is 5.77. The maximum absolute atomic E-state index is 11.6. The van der Waals surface area contributed by atoms with E-state index < -0.39 is 26.8 Å². The van der Waals surface area contributed by atoms with Crippen LogP contribution in [0.1, 0.15) is 19.8 Å². The average Bonchev–Trinajstić information content (AvgIpc) is 1.82. The third-order valence-electron chi connectivity index (χ3n) is 1.18. The molecule has 0 radical (unpaired) electrons. The summed E-state index contributed by atoms with van der Waals surface area (Å²) in [4.78, 5) is 8.88. The Morgan fingerprint density at radius 1 is 1.46 bits per heavy atom. The lowest BCUT2D eigenvalue weighted by Crippen LogP contribution is -2.11. The van der Waals surface area contributed by atoms with Crippen LogP contribution in [-0.4, -0.2) is 23.8 Å². The fourth-order valence-electron chi connectivity index (χ4n) is 0.651. The Labute approximate surface area is 74.4 Å². The largest absolute Gasteiger partial charge is 0.391 e. The van der Waals surface area contributed by atoms with Crippen molar-refractivity contribution in [2.24, 2.45) is 0 Å². The number of halogens is 3. The van der Waals surface area contributed by atoms with Crippen molar-refractivity contribution < 1.29 is 27.2 Å². The zero-order valence-electron chi connectivity index (χ0n) is 7.17. The van der Waals surface area contributed by atoms with Crippen LogP contribution in [0.5, 0.6) is 0 Å². The molecule has 7 heteroatoms. The van der Waals surface area contributed by atoms with E-state index in [1.807, 2.05) is 0 Å². The molecule has 0 aromatic rings. The minimum absolute atomic E-state index is 0.106. The fraction of sp³-hybridized carbons (Fsp3) is 1.00. The van der Waals surface area contributed by atoms with Crippen LogP contribution in [0, 0.1) is 0 Å². The summed E-state index contributed by atoms with van der Waals surface area (Å²) in [6.45, 7) is 0.896. The molecule has 0 bridgehead atoms. The van der Waals surface area contributed by atoms with Crippen molar-refractivity contribution in [1.29, 1.82) is 0 Å². The van der Waals surface area contributed by atoms with Gasteiger partial charge < -0.3 is 9.42 Å². The Morgan fingerprint density at radius 2 is 2.00 bits per heavy atom. The molecule has 0 heterocycles. The van der Waals surface area contributed by atoms with Crippen molar-refractivity contribution in [3.8, 4) is 0 Å². The van der Waals surface area contributed by atoms with Gasteiger partial charge in [0, 0.05) is 6.16 Å². The first kappa shape index (κ1) is 12.9. The van der Waals surface area contributed by atoms with Crippen LogP contribution in [0.3, 0.4) is 0 Å². The summed E-state index contributed by atoms with van der Waals surface area (Å²) in [6, 6.07) is 0. The van der Waals surface area contributed by atoms with Crippen molar-refractivity contribution in [3.05, 3.63) is 0 Å². The van der Waals surface area contributed by atoms with E-state index in [1.54, 1.807) is 6.92 Å². The lowest BCUT2D eigenvalue weighted by Gasteiger charge is -2.11. The van der Waals surface area contributed by atoms with Gasteiger partial charge >= 0.3 is 13.8 Å². The summed E-state index contributed by atoms with van der Waals surface area (Å²) in [7, 11) is -3.78. The summed E-state index contributed by atoms with van der Waals surface area (Å²) in [5.74, 6) is 0. The molecule has 0 spiro atoms. The van der Waals surface area contributed by atoms with E-state index >= 15 is 0 Å². The van der Waals surface area contributed by atoms with Gasteiger partial charge in [-0.3, -0.25) is 4.57 Å². The predicted octanol–water partition coefficient (Wildman–Crippen LogP) is 2.55. The van der Waals surface area contributed by atoms with Gasteiger partial charge in [0.1, 0.15) is 0 Å². The van der Waals surface area contributed by atoms with Crippen molar-refractivity contribution in [1.82, 2.24) is 0 Å². The van der Waals surface area contributed by atoms with Crippen LogP contribution in [0.25, 0.3) is 0 Å². The van der Waals surface area contributed by atoms with Gasteiger partial charge in [-0.05, 0) is 6.42 Å². The summed E-state index contributed by atoms with van der Waals surface area (Å²) in [5, 5.41) is 0. The zero-order valence-corrected chi connectivity index (χ0v) is 8.07. The molecular weight excluding hydrogens is 208 g/mol. The minimum atomic E-state index is -4.34. The molecule has 0 aromatic carbocycles. The molecule has 0 amide bonds. The molecule has 1 atom stereocenters. The third-order valence-corrected chi connectivity index (χ3v) is 2.78. The van der Waals surface area contributed by atoms with Gasteiger partial charge in [0.2, 0.25) is 0 Å². The normalized spacial score (nSPS) is 17.0. The van der Waals surface area contributed by atoms with Crippen molar-refractivity contribution in [2.75, 3.05) is 12.8 Å². The smallest absolute Gasteiger partial charge is 0.324 e. The Morgan fingerprint density at radius 3 is 2.38 bits per heavy atom.